The molecule has 0 aliphatic rings. The molecule has 8 heteroatoms. The Bertz CT molecular complexity index is 1160. The Balaban J connectivity index is 1.89. The lowest BCUT2D eigenvalue weighted by atomic mass is 10.1. The van der Waals surface area contributed by atoms with E-state index in [0.717, 1.165) is 16.8 Å². The van der Waals surface area contributed by atoms with Crippen molar-refractivity contribution in [1.29, 1.82) is 0 Å². The van der Waals surface area contributed by atoms with Crippen molar-refractivity contribution in [3.63, 3.8) is 0 Å². The van der Waals surface area contributed by atoms with Gasteiger partial charge in [-0.2, -0.15) is 0 Å². The fourth-order valence-electron chi connectivity index (χ4n) is 3.38. The Kier molecular flexibility index (Phi) is 8.34. The number of carbonyl (C=O) groups is 1. The van der Waals surface area contributed by atoms with Crippen LogP contribution >= 0.6 is 23.4 Å². The van der Waals surface area contributed by atoms with Crippen LogP contribution in [0.25, 0.3) is 10.9 Å². The maximum absolute atomic E-state index is 13.2. The summed E-state index contributed by atoms with van der Waals surface area (Å²) < 4.78 is 7.05. The van der Waals surface area contributed by atoms with Crippen molar-refractivity contribution in [3.05, 3.63) is 62.9 Å². The average molecular weight is 474 g/mol. The third-order valence-corrected chi connectivity index (χ3v) is 6.46. The molecule has 0 saturated carbocycles. The second-order valence-corrected chi connectivity index (χ2v) is 9.32. The number of benzene rings is 2. The standard InChI is InChI=1S/C24H28ClN3O3S/c1-5-31-13-7-12-28-23(30)19-11-10-18(25)14-20(19)26-24(28)32-17(4)22(29)27-21-15(2)8-6-9-16(21)3/h6,8-11,14,17H,5,7,12-13H2,1-4H3,(H,27,29). The molecule has 2 aromatic carbocycles. The van der Waals surface area contributed by atoms with Crippen molar-refractivity contribution in [2.45, 2.75) is 51.1 Å². The highest BCUT2D eigenvalue weighted by Crippen LogP contribution is 2.26. The van der Waals surface area contributed by atoms with Gasteiger partial charge in [0.1, 0.15) is 0 Å². The second kappa shape index (κ2) is 11.0. The molecule has 3 rings (SSSR count). The van der Waals surface area contributed by atoms with Crippen molar-refractivity contribution in [2.75, 3.05) is 18.5 Å². The fourth-order valence-corrected chi connectivity index (χ4v) is 4.48. The molecule has 1 amide bonds. The topological polar surface area (TPSA) is 73.2 Å². The number of nitrogens with one attached hydrogen (secondary N) is 1. The first kappa shape index (κ1) is 24.3. The molecule has 0 aliphatic heterocycles. The molecule has 0 aliphatic carbocycles. The van der Waals surface area contributed by atoms with E-state index >= 15 is 0 Å². The van der Waals surface area contributed by atoms with Gasteiger partial charge in [0.2, 0.25) is 5.91 Å². The van der Waals surface area contributed by atoms with Gasteiger partial charge in [0.05, 0.1) is 16.2 Å². The van der Waals surface area contributed by atoms with E-state index in [1.165, 1.54) is 11.8 Å². The van der Waals surface area contributed by atoms with Gasteiger partial charge in [0.15, 0.2) is 5.16 Å². The third-order valence-electron chi connectivity index (χ3n) is 5.14. The molecular formula is C24H28ClN3O3S. The Hall–Kier alpha value is -2.35. The summed E-state index contributed by atoms with van der Waals surface area (Å²) in [6.45, 7) is 9.31. The number of rotatable bonds is 9. The van der Waals surface area contributed by atoms with Crippen LogP contribution in [0.15, 0.2) is 46.3 Å². The quantitative estimate of drug-likeness (QED) is 0.262. The Morgan fingerprint density at radius 3 is 2.66 bits per heavy atom. The smallest absolute Gasteiger partial charge is 0.262 e. The summed E-state index contributed by atoms with van der Waals surface area (Å²) in [5.41, 5.74) is 3.20. The second-order valence-electron chi connectivity index (χ2n) is 7.58. The summed E-state index contributed by atoms with van der Waals surface area (Å²) in [5.74, 6) is -0.145. The zero-order chi connectivity index (χ0) is 23.3. The number of fused-ring (bicyclic) bond motifs is 1. The maximum atomic E-state index is 13.2. The van der Waals surface area contributed by atoms with Crippen molar-refractivity contribution in [3.8, 4) is 0 Å². The van der Waals surface area contributed by atoms with Crippen LogP contribution in [0, 0.1) is 13.8 Å². The fraction of sp³-hybridized carbons (Fsp3) is 0.375. The summed E-state index contributed by atoms with van der Waals surface area (Å²) in [7, 11) is 0. The van der Waals surface area contributed by atoms with Crippen LogP contribution in [0.2, 0.25) is 5.02 Å². The predicted molar refractivity (Wildman–Crippen MR) is 132 cm³/mol. The highest BCUT2D eigenvalue weighted by atomic mass is 35.5. The number of anilines is 1. The van der Waals surface area contributed by atoms with Crippen LogP contribution in [0.4, 0.5) is 5.69 Å². The van der Waals surface area contributed by atoms with Gasteiger partial charge in [-0.25, -0.2) is 4.98 Å². The number of thioether (sulfide) groups is 1. The molecule has 0 spiro atoms. The van der Waals surface area contributed by atoms with E-state index in [0.29, 0.717) is 47.3 Å². The lowest BCUT2D eigenvalue weighted by molar-refractivity contribution is -0.115. The largest absolute Gasteiger partial charge is 0.382 e. The zero-order valence-electron chi connectivity index (χ0n) is 18.8. The van der Waals surface area contributed by atoms with Crippen molar-refractivity contribution in [2.24, 2.45) is 0 Å². The van der Waals surface area contributed by atoms with Crippen molar-refractivity contribution >= 4 is 45.9 Å². The molecule has 1 aromatic heterocycles. The van der Waals surface area contributed by atoms with Gasteiger partial charge in [-0.15, -0.1) is 0 Å². The van der Waals surface area contributed by atoms with E-state index in [9.17, 15) is 9.59 Å². The molecule has 0 radical (unpaired) electrons. The average Bonchev–Trinajstić information content (AvgIpc) is 2.75. The molecular weight excluding hydrogens is 446 g/mol. The SMILES string of the molecule is CCOCCCn1c(SC(C)C(=O)Nc2c(C)cccc2C)nc2cc(Cl)ccc2c1=O. The first-order valence-corrected chi connectivity index (χ1v) is 11.9. The number of ether oxygens (including phenoxy) is 1. The normalized spacial score (nSPS) is 12.2. The number of halogens is 1. The number of hydrogen-bond donors (Lipinski definition) is 1. The number of amides is 1. The minimum Gasteiger partial charge on any atom is -0.382 e. The highest BCUT2D eigenvalue weighted by Gasteiger charge is 2.20. The molecule has 0 bridgehead atoms. The van der Waals surface area contributed by atoms with E-state index in [-0.39, 0.29) is 11.5 Å². The summed E-state index contributed by atoms with van der Waals surface area (Å²) in [4.78, 5) is 30.8. The van der Waals surface area contributed by atoms with E-state index in [1.807, 2.05) is 45.9 Å². The van der Waals surface area contributed by atoms with Crippen LogP contribution in [0.5, 0.6) is 0 Å². The van der Waals surface area contributed by atoms with E-state index in [4.69, 9.17) is 16.3 Å². The summed E-state index contributed by atoms with van der Waals surface area (Å²) in [6, 6.07) is 10.9. The molecule has 1 N–H and O–H groups in total. The maximum Gasteiger partial charge on any atom is 0.262 e. The van der Waals surface area contributed by atoms with Gasteiger partial charge >= 0.3 is 0 Å². The summed E-state index contributed by atoms with van der Waals surface area (Å²) in [5, 5.41) is 4.06. The number of carbonyl (C=O) groups excluding carboxylic acids is 1. The molecule has 0 saturated heterocycles. The monoisotopic (exact) mass is 473 g/mol. The van der Waals surface area contributed by atoms with Gasteiger partial charge < -0.3 is 10.1 Å². The number of hydrogen-bond acceptors (Lipinski definition) is 5. The van der Waals surface area contributed by atoms with Crippen LogP contribution in [0.1, 0.15) is 31.4 Å². The predicted octanol–water partition coefficient (Wildman–Crippen LogP) is 5.21. The zero-order valence-corrected chi connectivity index (χ0v) is 20.3. The lowest BCUT2D eigenvalue weighted by Crippen LogP contribution is -2.27. The third kappa shape index (κ3) is 5.71. The van der Waals surface area contributed by atoms with Gasteiger partial charge in [-0.05, 0) is 63.4 Å². The molecule has 1 heterocycles. The van der Waals surface area contributed by atoms with Crippen LogP contribution in [-0.2, 0) is 16.1 Å². The van der Waals surface area contributed by atoms with E-state index in [2.05, 4.69) is 10.3 Å². The Morgan fingerprint density at radius 2 is 1.97 bits per heavy atom. The molecule has 3 aromatic rings. The van der Waals surface area contributed by atoms with Crippen LogP contribution in [0.3, 0.4) is 0 Å². The molecule has 170 valence electrons. The molecule has 1 unspecified atom stereocenters. The van der Waals surface area contributed by atoms with Gasteiger partial charge in [0, 0.05) is 30.5 Å². The first-order chi connectivity index (χ1) is 15.3. The van der Waals surface area contributed by atoms with Crippen molar-refractivity contribution < 1.29 is 9.53 Å². The number of aromatic nitrogens is 2. The van der Waals surface area contributed by atoms with Gasteiger partial charge in [-0.1, -0.05) is 41.6 Å². The number of nitrogens with zero attached hydrogens (tertiary/aromatic N) is 2. The minimum atomic E-state index is -0.462. The Labute approximate surface area is 197 Å². The van der Waals surface area contributed by atoms with Crippen molar-refractivity contribution in [1.82, 2.24) is 9.55 Å². The minimum absolute atomic E-state index is 0.145. The lowest BCUT2D eigenvalue weighted by Gasteiger charge is -2.18. The summed E-state index contributed by atoms with van der Waals surface area (Å²) in [6.07, 6.45) is 0.672. The van der Waals surface area contributed by atoms with E-state index in [1.54, 1.807) is 22.8 Å². The Morgan fingerprint density at radius 1 is 1.25 bits per heavy atom. The van der Waals surface area contributed by atoms with Crippen LogP contribution in [-0.4, -0.2) is 33.9 Å². The van der Waals surface area contributed by atoms with E-state index < -0.39 is 5.25 Å². The van der Waals surface area contributed by atoms with Gasteiger partial charge in [0.25, 0.3) is 5.56 Å². The number of aryl methyl sites for hydroxylation is 2. The number of para-hydroxylation sites is 1. The van der Waals surface area contributed by atoms with Crippen LogP contribution < -0.4 is 10.9 Å². The summed E-state index contributed by atoms with van der Waals surface area (Å²) >= 11 is 7.39. The molecule has 32 heavy (non-hydrogen) atoms. The molecule has 6 nitrogen and oxygen atoms in total. The van der Waals surface area contributed by atoms with Gasteiger partial charge in [-0.3, -0.25) is 14.2 Å². The molecule has 0 fully saturated rings. The first-order valence-electron chi connectivity index (χ1n) is 10.6. The molecule has 1 atom stereocenters. The highest BCUT2D eigenvalue weighted by molar-refractivity contribution is 8.00.